The molecule has 0 unspecified atom stereocenters. The molecule has 0 N–H and O–H groups in total. The molecule has 9 heteroatoms. The number of hydrogen-bond acceptors (Lipinski definition) is 3. The molecule has 2 rings (SSSR count). The fraction of sp³-hybridized carbons (Fsp3) is 0.125. The van der Waals surface area contributed by atoms with Gasteiger partial charge in [0, 0.05) is 11.8 Å². The van der Waals surface area contributed by atoms with Crippen molar-refractivity contribution in [2.24, 2.45) is 0 Å². The molecule has 0 aliphatic rings. The zero-order valence-corrected chi connectivity index (χ0v) is 12.2. The van der Waals surface area contributed by atoms with Crippen molar-refractivity contribution in [2.75, 3.05) is 0 Å². The fourth-order valence-electron chi connectivity index (χ4n) is 1.79. The molecule has 0 fully saturated rings. The predicted molar refractivity (Wildman–Crippen MR) is 75.7 cm³/mol. The summed E-state index contributed by atoms with van der Waals surface area (Å²) in [5.74, 6) is -1.11. The molecule has 1 aromatic heterocycles. The number of alkyl halides is 6. The Morgan fingerprint density at radius 1 is 1.04 bits per heavy atom. The number of carbonyl (C=O) groups is 1. The summed E-state index contributed by atoms with van der Waals surface area (Å²) in [5.41, 5.74) is -0.980. The van der Waals surface area contributed by atoms with E-state index in [4.69, 9.17) is 0 Å². The van der Waals surface area contributed by atoms with Crippen molar-refractivity contribution in [3.05, 3.63) is 65.5 Å². The van der Waals surface area contributed by atoms with E-state index >= 15 is 0 Å². The van der Waals surface area contributed by atoms with E-state index in [1.807, 2.05) is 0 Å². The first-order valence-corrected chi connectivity index (χ1v) is 6.66. The second-order valence-electron chi connectivity index (χ2n) is 4.75. The lowest BCUT2D eigenvalue weighted by Crippen LogP contribution is -2.17. The first-order chi connectivity index (χ1) is 11.5. The molecule has 3 nitrogen and oxygen atoms in total. The number of carbonyl (C=O) groups excluding carboxylic acids is 1. The van der Waals surface area contributed by atoms with E-state index in [2.05, 4.69) is 9.72 Å². The van der Waals surface area contributed by atoms with Crippen LogP contribution in [0, 0.1) is 0 Å². The van der Waals surface area contributed by atoms with Gasteiger partial charge in [0.2, 0.25) is 0 Å². The van der Waals surface area contributed by atoms with Crippen molar-refractivity contribution in [1.82, 2.24) is 4.98 Å². The van der Waals surface area contributed by atoms with Gasteiger partial charge in [0.1, 0.15) is 11.4 Å². The third-order valence-corrected chi connectivity index (χ3v) is 2.86. The van der Waals surface area contributed by atoms with Crippen molar-refractivity contribution in [2.45, 2.75) is 12.5 Å². The Hall–Kier alpha value is -2.84. The van der Waals surface area contributed by atoms with E-state index in [0.29, 0.717) is 6.07 Å². The van der Waals surface area contributed by atoms with E-state index in [1.54, 1.807) is 0 Å². The third-order valence-electron chi connectivity index (χ3n) is 2.86. The third kappa shape index (κ3) is 5.63. The lowest BCUT2D eigenvalue weighted by atomic mass is 10.1. The Labute approximate surface area is 137 Å². The molecule has 0 amide bonds. The maximum Gasteiger partial charge on any atom is 0.573 e. The number of halogens is 6. The standard InChI is InChI=1S/C16H9F6NO2/c17-15(18,19)14-7-5-11(9-23-14)13(24)6-4-10-2-1-3-12(8-10)25-16(20,21)22/h1-9H/b6-4+. The van der Waals surface area contributed by atoms with Crippen LogP contribution in [0.15, 0.2) is 48.7 Å². The minimum absolute atomic E-state index is 0.0908. The molecule has 2 aromatic rings. The second-order valence-corrected chi connectivity index (χ2v) is 4.75. The van der Waals surface area contributed by atoms with Crippen LogP contribution in [0.5, 0.6) is 5.75 Å². The van der Waals surface area contributed by atoms with Crippen LogP contribution in [0.2, 0.25) is 0 Å². The molecule has 0 aliphatic heterocycles. The minimum atomic E-state index is -4.84. The topological polar surface area (TPSA) is 39.2 Å². The molecular weight excluding hydrogens is 352 g/mol. The van der Waals surface area contributed by atoms with Crippen molar-refractivity contribution >= 4 is 11.9 Å². The van der Waals surface area contributed by atoms with Gasteiger partial charge >= 0.3 is 12.5 Å². The Morgan fingerprint density at radius 2 is 1.76 bits per heavy atom. The van der Waals surface area contributed by atoms with E-state index in [1.165, 1.54) is 18.2 Å². The van der Waals surface area contributed by atoms with Crippen LogP contribution in [-0.2, 0) is 6.18 Å². The van der Waals surface area contributed by atoms with Crippen molar-refractivity contribution in [3.63, 3.8) is 0 Å². The summed E-state index contributed by atoms with van der Waals surface area (Å²) in [5, 5.41) is 0. The highest BCUT2D eigenvalue weighted by molar-refractivity contribution is 6.06. The average molecular weight is 361 g/mol. The van der Waals surface area contributed by atoms with Gasteiger partial charge in [-0.3, -0.25) is 9.78 Å². The molecule has 132 valence electrons. The highest BCUT2D eigenvalue weighted by atomic mass is 19.4. The van der Waals surface area contributed by atoms with Gasteiger partial charge < -0.3 is 4.74 Å². The van der Waals surface area contributed by atoms with E-state index in [0.717, 1.165) is 30.5 Å². The lowest BCUT2D eigenvalue weighted by molar-refractivity contribution is -0.274. The summed E-state index contributed by atoms with van der Waals surface area (Å²) in [6.07, 6.45) is -6.46. The minimum Gasteiger partial charge on any atom is -0.406 e. The second kappa shape index (κ2) is 6.96. The Kier molecular flexibility index (Phi) is 5.15. The lowest BCUT2D eigenvalue weighted by Gasteiger charge is -2.08. The molecular formula is C16H9F6NO2. The van der Waals surface area contributed by atoms with Crippen molar-refractivity contribution in [1.29, 1.82) is 0 Å². The molecule has 1 aromatic carbocycles. The largest absolute Gasteiger partial charge is 0.573 e. The quantitative estimate of drug-likeness (QED) is 0.442. The molecule has 0 saturated carbocycles. The molecule has 0 atom stereocenters. The number of ether oxygens (including phenoxy) is 1. The maximum absolute atomic E-state index is 12.4. The number of rotatable bonds is 4. The number of allylic oxidation sites excluding steroid dienone is 1. The van der Waals surface area contributed by atoms with Crippen LogP contribution >= 0.6 is 0 Å². The molecule has 0 aliphatic carbocycles. The zero-order chi connectivity index (χ0) is 18.7. The van der Waals surface area contributed by atoms with Crippen LogP contribution in [0.3, 0.4) is 0 Å². The SMILES string of the molecule is O=C(/C=C/c1cccc(OC(F)(F)F)c1)c1ccc(C(F)(F)F)nc1. The molecule has 0 radical (unpaired) electrons. The average Bonchev–Trinajstić information content (AvgIpc) is 2.50. The first-order valence-electron chi connectivity index (χ1n) is 6.66. The van der Waals surface area contributed by atoms with Crippen LogP contribution in [0.1, 0.15) is 21.6 Å². The van der Waals surface area contributed by atoms with Gasteiger partial charge in [-0.1, -0.05) is 18.2 Å². The van der Waals surface area contributed by atoms with Crippen LogP contribution in [0.25, 0.3) is 6.08 Å². The van der Waals surface area contributed by atoms with Crippen LogP contribution < -0.4 is 4.74 Å². The fourth-order valence-corrected chi connectivity index (χ4v) is 1.79. The van der Waals surface area contributed by atoms with Crippen LogP contribution in [0.4, 0.5) is 26.3 Å². The highest BCUT2D eigenvalue weighted by Crippen LogP contribution is 2.27. The summed E-state index contributed by atoms with van der Waals surface area (Å²) < 4.78 is 77.4. The number of ketones is 1. The van der Waals surface area contributed by atoms with Gasteiger partial charge in [-0.05, 0) is 35.9 Å². The van der Waals surface area contributed by atoms with Crippen LogP contribution in [-0.4, -0.2) is 17.1 Å². The highest BCUT2D eigenvalue weighted by Gasteiger charge is 2.32. The molecule has 0 saturated heterocycles. The smallest absolute Gasteiger partial charge is 0.406 e. The molecule has 0 spiro atoms. The number of aromatic nitrogens is 1. The number of benzene rings is 1. The number of hydrogen-bond donors (Lipinski definition) is 0. The number of nitrogens with zero attached hydrogens (tertiary/aromatic N) is 1. The zero-order valence-electron chi connectivity index (χ0n) is 12.2. The summed E-state index contributed by atoms with van der Waals surface area (Å²) in [4.78, 5) is 15.0. The Balaban J connectivity index is 2.11. The Bertz CT molecular complexity index is 778. The predicted octanol–water partition coefficient (Wildman–Crippen LogP) is 4.90. The number of pyridine rings is 1. The van der Waals surface area contributed by atoms with Gasteiger partial charge in [-0.15, -0.1) is 13.2 Å². The molecule has 25 heavy (non-hydrogen) atoms. The van der Waals surface area contributed by atoms with E-state index in [-0.39, 0.29) is 11.1 Å². The summed E-state index contributed by atoms with van der Waals surface area (Å²) in [7, 11) is 0. The summed E-state index contributed by atoms with van der Waals surface area (Å²) in [6, 6.07) is 6.50. The van der Waals surface area contributed by atoms with Crippen molar-refractivity contribution in [3.8, 4) is 5.75 Å². The van der Waals surface area contributed by atoms with Gasteiger partial charge in [-0.2, -0.15) is 13.2 Å². The molecule has 0 bridgehead atoms. The normalized spacial score (nSPS) is 12.4. The Morgan fingerprint density at radius 3 is 2.32 bits per heavy atom. The molecule has 1 heterocycles. The first kappa shape index (κ1) is 18.5. The summed E-state index contributed by atoms with van der Waals surface area (Å²) >= 11 is 0. The van der Waals surface area contributed by atoms with E-state index in [9.17, 15) is 31.1 Å². The monoisotopic (exact) mass is 361 g/mol. The van der Waals surface area contributed by atoms with Gasteiger partial charge in [0.25, 0.3) is 0 Å². The van der Waals surface area contributed by atoms with Crippen molar-refractivity contribution < 1.29 is 35.9 Å². The maximum atomic E-state index is 12.4. The van der Waals surface area contributed by atoms with Gasteiger partial charge in [0.15, 0.2) is 5.78 Å². The summed E-state index contributed by atoms with van der Waals surface area (Å²) in [6.45, 7) is 0. The van der Waals surface area contributed by atoms with Gasteiger partial charge in [-0.25, -0.2) is 0 Å². The van der Waals surface area contributed by atoms with Gasteiger partial charge in [0.05, 0.1) is 0 Å². The van der Waals surface area contributed by atoms with E-state index < -0.39 is 29.8 Å².